The van der Waals surface area contributed by atoms with Crippen LogP contribution in [0.2, 0.25) is 0 Å². The van der Waals surface area contributed by atoms with Crippen molar-refractivity contribution in [2.75, 3.05) is 12.5 Å². The maximum absolute atomic E-state index is 12.9. The molecule has 13 heteroatoms. The fraction of sp³-hybridized carbons (Fsp3) is 0.250. The van der Waals surface area contributed by atoms with E-state index in [0.717, 1.165) is 12.1 Å². The van der Waals surface area contributed by atoms with Gasteiger partial charge in [0.05, 0.1) is 22.6 Å². The van der Waals surface area contributed by atoms with E-state index in [-0.39, 0.29) is 22.8 Å². The van der Waals surface area contributed by atoms with Crippen LogP contribution in [0.4, 0.5) is 19.0 Å². The number of H-pyrrole nitrogens is 1. The van der Waals surface area contributed by atoms with E-state index in [1.807, 2.05) is 7.05 Å². The summed E-state index contributed by atoms with van der Waals surface area (Å²) >= 11 is 0. The number of nitrogens with one attached hydrogen (secondary N) is 3. The summed E-state index contributed by atoms with van der Waals surface area (Å²) in [5.74, 6) is 0.632. The third kappa shape index (κ3) is 3.86. The lowest BCUT2D eigenvalue weighted by molar-refractivity contribution is -0.137. The highest BCUT2D eigenvalue weighted by Gasteiger charge is 2.31. The maximum Gasteiger partial charge on any atom is 0.416 e. The Bertz CT molecular complexity index is 1360. The van der Waals surface area contributed by atoms with Crippen LogP contribution in [0.5, 0.6) is 0 Å². The zero-order valence-electron chi connectivity index (χ0n) is 17.4. The van der Waals surface area contributed by atoms with E-state index < -0.39 is 23.7 Å². The molecule has 0 bridgehead atoms. The molecule has 0 fully saturated rings. The molecule has 0 saturated heterocycles. The lowest BCUT2D eigenvalue weighted by Gasteiger charge is -2.11. The van der Waals surface area contributed by atoms with Gasteiger partial charge in [-0.3, -0.25) is 4.79 Å². The molecule has 3 N–H and O–H groups in total. The first-order valence-corrected chi connectivity index (χ1v) is 9.85. The molecule has 1 atom stereocenters. The summed E-state index contributed by atoms with van der Waals surface area (Å²) in [6.45, 7) is 2.20. The predicted octanol–water partition coefficient (Wildman–Crippen LogP) is 3.29. The quantitative estimate of drug-likeness (QED) is 0.426. The Hall–Kier alpha value is -4.00. The number of alkyl halides is 3. The van der Waals surface area contributed by atoms with Gasteiger partial charge in [-0.05, 0) is 25.1 Å². The summed E-state index contributed by atoms with van der Waals surface area (Å²) in [7, 11) is 1.82. The molecule has 0 spiro atoms. The van der Waals surface area contributed by atoms with Gasteiger partial charge in [-0.15, -0.1) is 0 Å². The highest BCUT2D eigenvalue weighted by Crippen LogP contribution is 2.32. The summed E-state index contributed by atoms with van der Waals surface area (Å²) in [6, 6.07) is 4.26. The van der Waals surface area contributed by atoms with Crippen molar-refractivity contribution in [2.45, 2.75) is 25.7 Å². The number of rotatable bonds is 4. The number of amides is 1. The fourth-order valence-electron chi connectivity index (χ4n) is 3.56. The summed E-state index contributed by atoms with van der Waals surface area (Å²) in [4.78, 5) is 28.1. The molecule has 4 aromatic rings. The number of anilines is 1. The van der Waals surface area contributed by atoms with E-state index in [4.69, 9.17) is 4.52 Å². The van der Waals surface area contributed by atoms with Crippen molar-refractivity contribution < 1.29 is 22.5 Å². The Morgan fingerprint density at radius 1 is 1.27 bits per heavy atom. The normalized spacial score (nSPS) is 14.8. The van der Waals surface area contributed by atoms with Crippen LogP contribution in [-0.2, 0) is 12.7 Å². The minimum Gasteiger partial charge on any atom is -0.353 e. The van der Waals surface area contributed by atoms with Gasteiger partial charge in [0.15, 0.2) is 5.82 Å². The minimum atomic E-state index is -4.46. The number of hydrogen-bond donors (Lipinski definition) is 3. The van der Waals surface area contributed by atoms with E-state index in [0.29, 0.717) is 29.1 Å². The molecule has 1 aromatic carbocycles. The molecule has 33 heavy (non-hydrogen) atoms. The number of fused-ring (bicyclic) bond motifs is 2. The molecule has 1 aliphatic heterocycles. The second kappa shape index (κ2) is 7.55. The number of hydrogen-bond acceptors (Lipinski definition) is 8. The molecule has 10 nitrogen and oxygen atoms in total. The Morgan fingerprint density at radius 2 is 2.09 bits per heavy atom. The van der Waals surface area contributed by atoms with Gasteiger partial charge in [-0.2, -0.15) is 13.2 Å². The summed E-state index contributed by atoms with van der Waals surface area (Å²) in [5.41, 5.74) is 4.17. The first kappa shape index (κ1) is 20.9. The summed E-state index contributed by atoms with van der Waals surface area (Å²) in [5, 5.41) is 8.57. The van der Waals surface area contributed by atoms with Gasteiger partial charge in [0.1, 0.15) is 23.5 Å². The van der Waals surface area contributed by atoms with E-state index >= 15 is 0 Å². The molecule has 3 aromatic heterocycles. The first-order chi connectivity index (χ1) is 15.7. The van der Waals surface area contributed by atoms with Gasteiger partial charge in [-0.1, -0.05) is 5.16 Å². The van der Waals surface area contributed by atoms with E-state index in [2.05, 4.69) is 35.8 Å². The summed E-state index contributed by atoms with van der Waals surface area (Å²) < 4.78 is 44.2. The molecule has 0 saturated carbocycles. The van der Waals surface area contributed by atoms with Crippen LogP contribution in [-0.4, -0.2) is 43.1 Å². The Balaban J connectivity index is 1.35. The van der Waals surface area contributed by atoms with Gasteiger partial charge in [0.2, 0.25) is 5.76 Å². The van der Waals surface area contributed by atoms with Crippen molar-refractivity contribution in [3.05, 3.63) is 53.1 Å². The molecule has 0 radical (unpaired) electrons. The number of carbonyl (C=O) groups is 1. The second-order valence-corrected chi connectivity index (χ2v) is 7.64. The molecule has 1 amide bonds. The standard InChI is InChI=1S/C20H17F3N8O2/c1-9(26-19(32)16-11-7-31(2)29-17(11)25-8-24-16)13-6-15(33-30-13)18-27-12-4-3-10(20(21,22)23)5-14(12)28-18/h3-6,8-9H,7H2,1-2H3,(H,26,32)(H,27,28)(H,24,25,29). The highest BCUT2D eigenvalue weighted by atomic mass is 19.4. The maximum atomic E-state index is 12.9. The number of nitrogens with zero attached hydrogens (tertiary/aromatic N) is 5. The number of halogens is 3. The van der Waals surface area contributed by atoms with E-state index in [1.165, 1.54) is 12.4 Å². The van der Waals surface area contributed by atoms with Crippen LogP contribution in [0, 0.1) is 0 Å². The van der Waals surface area contributed by atoms with Crippen LogP contribution < -0.4 is 10.7 Å². The average Bonchev–Trinajstić information content (AvgIpc) is 3.48. The Kier molecular flexibility index (Phi) is 4.78. The lowest BCUT2D eigenvalue weighted by atomic mass is 10.1. The van der Waals surface area contributed by atoms with E-state index in [1.54, 1.807) is 18.0 Å². The number of imidazole rings is 1. The fourth-order valence-corrected chi connectivity index (χ4v) is 3.56. The van der Waals surface area contributed by atoms with Crippen molar-refractivity contribution in [2.24, 2.45) is 0 Å². The number of aromatic amines is 1. The zero-order valence-corrected chi connectivity index (χ0v) is 17.4. The molecular weight excluding hydrogens is 441 g/mol. The largest absolute Gasteiger partial charge is 0.416 e. The third-order valence-electron chi connectivity index (χ3n) is 5.21. The van der Waals surface area contributed by atoms with Crippen LogP contribution >= 0.6 is 0 Å². The van der Waals surface area contributed by atoms with Crippen molar-refractivity contribution in [1.29, 1.82) is 0 Å². The number of hydrazine groups is 1. The SMILES string of the molecule is CC(NC(=O)c1ncnc2c1CN(C)N2)c1cc(-c2nc3ccc(C(F)(F)F)cc3[nH]2)on1. The van der Waals surface area contributed by atoms with Crippen LogP contribution in [0.25, 0.3) is 22.6 Å². The number of aromatic nitrogens is 5. The van der Waals surface area contributed by atoms with Crippen molar-refractivity contribution in [1.82, 2.24) is 35.4 Å². The van der Waals surface area contributed by atoms with Gasteiger partial charge in [0.25, 0.3) is 5.91 Å². The molecular formula is C20H17F3N8O2. The predicted molar refractivity (Wildman–Crippen MR) is 110 cm³/mol. The van der Waals surface area contributed by atoms with Gasteiger partial charge in [-0.25, -0.2) is 20.0 Å². The van der Waals surface area contributed by atoms with Crippen molar-refractivity contribution in [3.63, 3.8) is 0 Å². The first-order valence-electron chi connectivity index (χ1n) is 9.85. The minimum absolute atomic E-state index is 0.218. The molecule has 0 aliphatic carbocycles. The second-order valence-electron chi connectivity index (χ2n) is 7.64. The number of benzene rings is 1. The van der Waals surface area contributed by atoms with E-state index in [9.17, 15) is 18.0 Å². The summed E-state index contributed by atoms with van der Waals surface area (Å²) in [6.07, 6.45) is -3.15. The zero-order chi connectivity index (χ0) is 23.3. The monoisotopic (exact) mass is 458 g/mol. The third-order valence-corrected chi connectivity index (χ3v) is 5.21. The molecule has 1 aliphatic rings. The Labute approximate surface area is 184 Å². The smallest absolute Gasteiger partial charge is 0.353 e. The molecule has 170 valence electrons. The highest BCUT2D eigenvalue weighted by molar-refractivity contribution is 5.95. The number of carbonyl (C=O) groups excluding carboxylic acids is 1. The molecule has 5 rings (SSSR count). The van der Waals surface area contributed by atoms with Gasteiger partial charge < -0.3 is 20.2 Å². The van der Waals surface area contributed by atoms with Crippen molar-refractivity contribution in [3.8, 4) is 11.6 Å². The van der Waals surface area contributed by atoms with Gasteiger partial charge in [0, 0.05) is 25.2 Å². The van der Waals surface area contributed by atoms with Crippen LogP contribution in [0.15, 0.2) is 35.1 Å². The van der Waals surface area contributed by atoms with Gasteiger partial charge >= 0.3 is 6.18 Å². The lowest BCUT2D eigenvalue weighted by Crippen LogP contribution is -2.28. The average molecular weight is 458 g/mol. The van der Waals surface area contributed by atoms with Crippen LogP contribution in [0.3, 0.4) is 0 Å². The van der Waals surface area contributed by atoms with Crippen molar-refractivity contribution >= 4 is 22.8 Å². The Morgan fingerprint density at radius 3 is 2.88 bits per heavy atom. The topological polar surface area (TPSA) is 125 Å². The molecule has 4 heterocycles. The van der Waals surface area contributed by atoms with Crippen LogP contribution in [0.1, 0.15) is 40.3 Å². The molecule has 1 unspecified atom stereocenters.